The molecule has 3 heteroatoms. The third kappa shape index (κ3) is 6.18. The van der Waals surface area contributed by atoms with Crippen molar-refractivity contribution in [3.8, 4) is 16.8 Å². The first-order chi connectivity index (χ1) is 27.2. The van der Waals surface area contributed by atoms with Crippen LogP contribution in [0.1, 0.15) is 0 Å². The van der Waals surface area contributed by atoms with Crippen LogP contribution in [0.2, 0.25) is 0 Å². The molecule has 0 radical (unpaired) electrons. The highest BCUT2D eigenvalue weighted by Crippen LogP contribution is 2.40. The van der Waals surface area contributed by atoms with E-state index in [9.17, 15) is 0 Å². The molecule has 0 N–H and O–H groups in total. The second-order valence-corrected chi connectivity index (χ2v) is 13.5. The first-order valence-corrected chi connectivity index (χ1v) is 18.6. The molecule has 55 heavy (non-hydrogen) atoms. The zero-order chi connectivity index (χ0) is 37.1. The fourth-order valence-electron chi connectivity index (χ4n) is 7.76. The van der Waals surface area contributed by atoms with Gasteiger partial charge < -0.3 is 14.4 Å². The fourth-order valence-corrected chi connectivity index (χ4v) is 7.76. The van der Waals surface area contributed by atoms with Gasteiger partial charge in [0, 0.05) is 56.0 Å². The van der Waals surface area contributed by atoms with Crippen molar-refractivity contribution in [2.45, 2.75) is 0 Å². The van der Waals surface area contributed by atoms with E-state index in [2.05, 4.69) is 203 Å². The van der Waals surface area contributed by atoms with Crippen molar-refractivity contribution in [2.24, 2.45) is 0 Å². The van der Waals surface area contributed by atoms with E-state index in [0.29, 0.717) is 0 Å². The van der Waals surface area contributed by atoms with Crippen LogP contribution in [-0.4, -0.2) is 4.57 Å². The topological polar surface area (TPSA) is 11.4 Å². The highest BCUT2D eigenvalue weighted by molar-refractivity contribution is 6.18. The third-order valence-corrected chi connectivity index (χ3v) is 10.3. The summed E-state index contributed by atoms with van der Waals surface area (Å²) in [5.74, 6) is 0. The molecule has 9 rings (SSSR count). The summed E-state index contributed by atoms with van der Waals surface area (Å²) in [5, 5.41) is 5.03. The molecule has 262 valence electrons. The summed E-state index contributed by atoms with van der Waals surface area (Å²) in [6, 6.07) is 69.2. The van der Waals surface area contributed by atoms with Crippen LogP contribution in [0, 0.1) is 0 Å². The lowest BCUT2D eigenvalue weighted by molar-refractivity contribution is 1.19. The Morgan fingerprint density at radius 3 is 1.60 bits per heavy atom. The van der Waals surface area contributed by atoms with Crippen molar-refractivity contribution in [1.29, 1.82) is 0 Å². The Morgan fingerprint density at radius 2 is 0.945 bits per heavy atom. The maximum atomic E-state index is 4.09. The van der Waals surface area contributed by atoms with E-state index in [-0.39, 0.29) is 0 Å². The number of hydrogen-bond donors (Lipinski definition) is 0. The monoisotopic (exact) mass is 705 g/mol. The lowest BCUT2D eigenvalue weighted by Crippen LogP contribution is -2.15. The lowest BCUT2D eigenvalue weighted by atomic mass is 10.0. The van der Waals surface area contributed by atoms with E-state index in [4.69, 9.17) is 0 Å². The molecule has 0 saturated carbocycles. The highest BCUT2D eigenvalue weighted by Gasteiger charge is 2.17. The molecule has 1 heterocycles. The van der Waals surface area contributed by atoms with Crippen LogP contribution < -0.4 is 9.80 Å². The van der Waals surface area contributed by atoms with E-state index < -0.39 is 0 Å². The number of benzene rings is 8. The molecule has 0 aliphatic heterocycles. The molecule has 0 spiro atoms. The van der Waals surface area contributed by atoms with Gasteiger partial charge >= 0.3 is 0 Å². The molecule has 0 amide bonds. The number of nitrogens with zero attached hydrogens (tertiary/aromatic N) is 3. The van der Waals surface area contributed by atoms with Crippen molar-refractivity contribution in [2.75, 3.05) is 9.80 Å². The van der Waals surface area contributed by atoms with Gasteiger partial charge in [-0.05, 0) is 108 Å². The third-order valence-electron chi connectivity index (χ3n) is 10.3. The predicted octanol–water partition coefficient (Wildman–Crippen LogP) is 14.5. The first kappa shape index (κ1) is 33.5. The summed E-state index contributed by atoms with van der Waals surface area (Å²) in [7, 11) is 0. The minimum Gasteiger partial charge on any atom is -0.311 e. The van der Waals surface area contributed by atoms with Gasteiger partial charge in [-0.1, -0.05) is 134 Å². The van der Waals surface area contributed by atoms with Gasteiger partial charge in [-0.25, -0.2) is 0 Å². The summed E-state index contributed by atoms with van der Waals surface area (Å²) >= 11 is 0. The number of para-hydroxylation sites is 3. The maximum absolute atomic E-state index is 4.09. The van der Waals surface area contributed by atoms with Crippen molar-refractivity contribution in [3.63, 3.8) is 0 Å². The molecule has 0 unspecified atom stereocenters. The molecule has 8 aromatic carbocycles. The SMILES string of the molecule is C=C/C=C(\C=C)N(c1ccccc1)c1ccc(N(c2ccccc2)c2ccc(-c3ccc(-n4c5ccccc5c5ccc6ccccc6c54)cc3)cc2)cc1. The van der Waals surface area contributed by atoms with Crippen molar-refractivity contribution < 1.29 is 0 Å². The highest BCUT2D eigenvalue weighted by atomic mass is 15.2. The summed E-state index contributed by atoms with van der Waals surface area (Å²) in [6.45, 7) is 8.02. The van der Waals surface area contributed by atoms with Crippen LogP contribution in [0.25, 0.3) is 49.4 Å². The molecule has 0 fully saturated rings. The van der Waals surface area contributed by atoms with Gasteiger partial charge in [0.25, 0.3) is 0 Å². The summed E-state index contributed by atoms with van der Waals surface area (Å²) in [4.78, 5) is 4.49. The smallest absolute Gasteiger partial charge is 0.0619 e. The Kier molecular flexibility index (Phi) is 8.87. The van der Waals surface area contributed by atoms with E-state index in [1.165, 1.54) is 38.1 Å². The molecule has 1 aromatic heterocycles. The normalized spacial score (nSPS) is 11.5. The Labute approximate surface area is 322 Å². The first-order valence-electron chi connectivity index (χ1n) is 18.6. The molecular weight excluding hydrogens is 667 g/mol. The molecule has 3 nitrogen and oxygen atoms in total. The lowest BCUT2D eigenvalue weighted by Gasteiger charge is -2.28. The van der Waals surface area contributed by atoms with Crippen LogP contribution in [0.5, 0.6) is 0 Å². The van der Waals surface area contributed by atoms with E-state index in [1.807, 2.05) is 30.4 Å². The van der Waals surface area contributed by atoms with E-state index in [0.717, 1.165) is 45.4 Å². The van der Waals surface area contributed by atoms with Gasteiger partial charge in [0.15, 0.2) is 0 Å². The van der Waals surface area contributed by atoms with E-state index in [1.54, 1.807) is 6.08 Å². The minimum atomic E-state index is 0.945. The number of rotatable bonds is 10. The Morgan fingerprint density at radius 1 is 0.436 bits per heavy atom. The largest absolute Gasteiger partial charge is 0.311 e. The fraction of sp³-hybridized carbons (Fsp3) is 0. The Balaban J connectivity index is 1.06. The van der Waals surface area contributed by atoms with Gasteiger partial charge in [-0.15, -0.1) is 0 Å². The zero-order valence-corrected chi connectivity index (χ0v) is 30.5. The maximum Gasteiger partial charge on any atom is 0.0619 e. The molecule has 0 bridgehead atoms. The quantitative estimate of drug-likeness (QED) is 0.131. The summed E-state index contributed by atoms with van der Waals surface area (Å²) in [6.07, 6.45) is 5.63. The van der Waals surface area contributed by atoms with Crippen LogP contribution in [0.15, 0.2) is 231 Å². The Bertz CT molecular complexity index is 2810. The van der Waals surface area contributed by atoms with Gasteiger partial charge in [-0.3, -0.25) is 0 Å². The number of anilines is 5. The second kappa shape index (κ2) is 14.6. The minimum absolute atomic E-state index is 0.945. The van der Waals surface area contributed by atoms with Gasteiger partial charge in [-0.2, -0.15) is 0 Å². The number of aromatic nitrogens is 1. The molecule has 0 saturated heterocycles. The second-order valence-electron chi connectivity index (χ2n) is 13.5. The zero-order valence-electron chi connectivity index (χ0n) is 30.5. The average molecular weight is 706 g/mol. The van der Waals surface area contributed by atoms with Gasteiger partial charge in [0.2, 0.25) is 0 Å². The number of fused-ring (bicyclic) bond motifs is 5. The van der Waals surface area contributed by atoms with Crippen LogP contribution in [0.3, 0.4) is 0 Å². The summed E-state index contributed by atoms with van der Waals surface area (Å²) < 4.78 is 2.41. The predicted molar refractivity (Wildman–Crippen MR) is 235 cm³/mol. The standard InChI is InChI=1S/C52H39N3/c1-3-15-41(4-2)53(42-17-7-5-8-18-42)45-33-35-46(36-34-45)54(43-19-9-6-10-20-43)44-29-24-38(25-30-44)39-26-31-47(32-27-39)55-51-23-14-13-22-49(51)50-37-28-40-16-11-12-21-48(40)52(50)55/h3-37H,1-2H2/b41-15+. The van der Waals surface area contributed by atoms with Gasteiger partial charge in [0.05, 0.1) is 11.0 Å². The van der Waals surface area contributed by atoms with Crippen molar-refractivity contribution in [3.05, 3.63) is 231 Å². The van der Waals surface area contributed by atoms with E-state index >= 15 is 0 Å². The molecule has 0 atom stereocenters. The van der Waals surface area contributed by atoms with Crippen LogP contribution in [0.4, 0.5) is 28.4 Å². The number of hydrogen-bond acceptors (Lipinski definition) is 2. The Hall–Kier alpha value is -7.36. The van der Waals surface area contributed by atoms with Gasteiger partial charge in [0.1, 0.15) is 0 Å². The molecule has 0 aliphatic rings. The molecule has 0 aliphatic carbocycles. The van der Waals surface area contributed by atoms with Crippen LogP contribution >= 0.6 is 0 Å². The molecule has 9 aromatic rings. The molecular formula is C52H39N3. The average Bonchev–Trinajstić information content (AvgIpc) is 3.60. The van der Waals surface area contributed by atoms with Crippen LogP contribution in [-0.2, 0) is 0 Å². The number of allylic oxidation sites excluding steroid dienone is 3. The van der Waals surface area contributed by atoms with Crippen molar-refractivity contribution in [1.82, 2.24) is 4.57 Å². The summed E-state index contributed by atoms with van der Waals surface area (Å²) in [5.41, 5.74) is 12.2. The van der Waals surface area contributed by atoms with Crippen molar-refractivity contribution >= 4 is 61.0 Å².